The van der Waals surface area contributed by atoms with E-state index in [1.165, 1.54) is 0 Å². The van der Waals surface area contributed by atoms with Gasteiger partial charge in [0, 0.05) is 34.7 Å². The zero-order valence-electron chi connectivity index (χ0n) is 8.56. The highest BCUT2D eigenvalue weighted by Crippen LogP contribution is 2.42. The van der Waals surface area contributed by atoms with Gasteiger partial charge in [0.1, 0.15) is 5.82 Å². The van der Waals surface area contributed by atoms with E-state index in [1.807, 2.05) is 13.1 Å². The molecule has 0 amide bonds. The summed E-state index contributed by atoms with van der Waals surface area (Å²) in [5, 5.41) is 0. The smallest absolute Gasteiger partial charge is 0.130 e. The summed E-state index contributed by atoms with van der Waals surface area (Å²) < 4.78 is 14.6. The van der Waals surface area contributed by atoms with E-state index >= 15 is 0 Å². The van der Waals surface area contributed by atoms with E-state index < -0.39 is 0 Å². The van der Waals surface area contributed by atoms with E-state index in [2.05, 4.69) is 34.7 Å². The molecule has 1 heterocycles. The number of nitrogens with zero attached hydrogens (tertiary/aromatic N) is 1. The van der Waals surface area contributed by atoms with Crippen molar-refractivity contribution in [2.45, 2.75) is 19.3 Å². The van der Waals surface area contributed by atoms with Crippen LogP contribution in [-0.4, -0.2) is 13.6 Å². The van der Waals surface area contributed by atoms with Crippen LogP contribution in [0.4, 0.5) is 10.1 Å². The van der Waals surface area contributed by atoms with Gasteiger partial charge in [-0.2, -0.15) is 0 Å². The standard InChI is InChI=1S/C11H13BrFN/c1-11(2)6-14(3)9-5-7(12)4-8(13)10(9)11/h4-5H,6H2,1-3H3. The van der Waals surface area contributed by atoms with E-state index in [4.69, 9.17) is 0 Å². The lowest BCUT2D eigenvalue weighted by atomic mass is 9.86. The topological polar surface area (TPSA) is 3.24 Å². The average molecular weight is 258 g/mol. The lowest BCUT2D eigenvalue weighted by molar-refractivity contribution is 0.516. The highest BCUT2D eigenvalue weighted by atomic mass is 79.9. The van der Waals surface area contributed by atoms with Crippen molar-refractivity contribution < 1.29 is 4.39 Å². The molecule has 1 nitrogen and oxygen atoms in total. The van der Waals surface area contributed by atoms with Crippen LogP contribution in [0.25, 0.3) is 0 Å². The van der Waals surface area contributed by atoms with Gasteiger partial charge in [0.05, 0.1) is 0 Å². The van der Waals surface area contributed by atoms with E-state index in [1.54, 1.807) is 6.07 Å². The van der Waals surface area contributed by atoms with Crippen LogP contribution in [0.5, 0.6) is 0 Å². The Morgan fingerprint density at radius 1 is 1.43 bits per heavy atom. The van der Waals surface area contributed by atoms with Crippen LogP contribution in [0.1, 0.15) is 19.4 Å². The highest BCUT2D eigenvalue weighted by Gasteiger charge is 2.36. The van der Waals surface area contributed by atoms with Crippen LogP contribution in [0, 0.1) is 5.82 Å². The third-order valence-electron chi connectivity index (χ3n) is 2.75. The van der Waals surface area contributed by atoms with Gasteiger partial charge < -0.3 is 4.90 Å². The number of anilines is 1. The second-order valence-corrected chi connectivity index (χ2v) is 5.44. The number of hydrogen-bond donors (Lipinski definition) is 0. The molecule has 0 unspecified atom stereocenters. The molecule has 0 saturated heterocycles. The number of benzene rings is 1. The molecule has 1 aromatic rings. The third kappa shape index (κ3) is 1.34. The van der Waals surface area contributed by atoms with Crippen LogP contribution in [-0.2, 0) is 5.41 Å². The Bertz CT molecular complexity index is 387. The van der Waals surface area contributed by atoms with Crippen LogP contribution in [0.3, 0.4) is 0 Å². The van der Waals surface area contributed by atoms with Crippen molar-refractivity contribution in [2.24, 2.45) is 0 Å². The molecule has 14 heavy (non-hydrogen) atoms. The molecule has 1 aliphatic heterocycles. The Balaban J connectivity index is 2.69. The molecule has 76 valence electrons. The third-order valence-corrected chi connectivity index (χ3v) is 3.21. The van der Waals surface area contributed by atoms with Gasteiger partial charge >= 0.3 is 0 Å². The van der Waals surface area contributed by atoms with Gasteiger partial charge in [-0.1, -0.05) is 29.8 Å². The van der Waals surface area contributed by atoms with Gasteiger partial charge in [-0.25, -0.2) is 4.39 Å². The lowest BCUT2D eigenvalue weighted by Crippen LogP contribution is -2.25. The van der Waals surface area contributed by atoms with E-state index in [0.29, 0.717) is 0 Å². The normalized spacial score (nSPS) is 18.5. The Hall–Kier alpha value is -0.570. The number of likely N-dealkylation sites (N-methyl/N-ethyl adjacent to an activating group) is 1. The highest BCUT2D eigenvalue weighted by molar-refractivity contribution is 9.10. The molecule has 0 N–H and O–H groups in total. The summed E-state index contributed by atoms with van der Waals surface area (Å²) in [7, 11) is 2.00. The first kappa shape index (κ1) is 9.97. The van der Waals surface area contributed by atoms with Crippen LogP contribution in [0.2, 0.25) is 0 Å². The number of halogens is 2. The zero-order chi connectivity index (χ0) is 10.5. The molecule has 0 aliphatic carbocycles. The quantitative estimate of drug-likeness (QED) is 0.690. The molecule has 0 radical (unpaired) electrons. The Morgan fingerprint density at radius 3 is 2.71 bits per heavy atom. The van der Waals surface area contributed by atoms with Crippen molar-refractivity contribution in [1.29, 1.82) is 0 Å². The van der Waals surface area contributed by atoms with E-state index in [9.17, 15) is 4.39 Å². The maximum absolute atomic E-state index is 13.8. The maximum Gasteiger partial charge on any atom is 0.130 e. The van der Waals surface area contributed by atoms with E-state index in [-0.39, 0.29) is 11.2 Å². The minimum absolute atomic E-state index is 0.0884. The van der Waals surface area contributed by atoms with Gasteiger partial charge in [-0.05, 0) is 12.1 Å². The Morgan fingerprint density at radius 2 is 2.07 bits per heavy atom. The molecule has 0 spiro atoms. The zero-order valence-corrected chi connectivity index (χ0v) is 10.2. The fourth-order valence-electron chi connectivity index (χ4n) is 2.29. The predicted octanol–water partition coefficient (Wildman–Crippen LogP) is 3.32. The van der Waals surface area contributed by atoms with Crippen molar-refractivity contribution in [2.75, 3.05) is 18.5 Å². The summed E-state index contributed by atoms with van der Waals surface area (Å²) in [6.45, 7) is 5.02. The lowest BCUT2D eigenvalue weighted by Gasteiger charge is -2.18. The molecule has 0 fully saturated rings. The first-order valence-electron chi connectivity index (χ1n) is 4.62. The number of fused-ring (bicyclic) bond motifs is 1. The predicted molar refractivity (Wildman–Crippen MR) is 60.4 cm³/mol. The monoisotopic (exact) mass is 257 g/mol. The van der Waals surface area contributed by atoms with Gasteiger partial charge in [0.15, 0.2) is 0 Å². The van der Waals surface area contributed by atoms with Crippen LogP contribution in [0.15, 0.2) is 16.6 Å². The molecule has 1 aliphatic rings. The summed E-state index contributed by atoms with van der Waals surface area (Å²) in [5.41, 5.74) is 1.75. The van der Waals surface area contributed by atoms with Crippen LogP contribution < -0.4 is 4.90 Å². The van der Waals surface area contributed by atoms with Crippen molar-refractivity contribution in [3.8, 4) is 0 Å². The maximum atomic E-state index is 13.8. The molecule has 0 aromatic heterocycles. The summed E-state index contributed by atoms with van der Waals surface area (Å²) >= 11 is 3.31. The van der Waals surface area contributed by atoms with Crippen molar-refractivity contribution in [3.63, 3.8) is 0 Å². The molecular formula is C11H13BrFN. The molecule has 3 heteroatoms. The van der Waals surface area contributed by atoms with Gasteiger partial charge in [0.2, 0.25) is 0 Å². The molecule has 0 bridgehead atoms. The van der Waals surface area contributed by atoms with Gasteiger partial charge in [-0.3, -0.25) is 0 Å². The number of rotatable bonds is 0. The Kier molecular flexibility index (Phi) is 2.11. The Labute approximate surface area is 92.0 Å². The van der Waals surface area contributed by atoms with Crippen LogP contribution >= 0.6 is 15.9 Å². The minimum atomic E-state index is -0.108. The van der Waals surface area contributed by atoms with Gasteiger partial charge in [0.25, 0.3) is 0 Å². The average Bonchev–Trinajstić information content (AvgIpc) is 2.21. The summed E-state index contributed by atoms with van der Waals surface area (Å²) in [5.74, 6) is -0.108. The molecular weight excluding hydrogens is 245 g/mol. The molecule has 2 rings (SSSR count). The number of hydrogen-bond acceptors (Lipinski definition) is 1. The summed E-state index contributed by atoms with van der Waals surface area (Å²) in [4.78, 5) is 2.10. The second-order valence-electron chi connectivity index (χ2n) is 4.52. The molecule has 1 aromatic carbocycles. The second kappa shape index (κ2) is 2.96. The van der Waals surface area contributed by atoms with Crippen molar-refractivity contribution in [3.05, 3.63) is 28.0 Å². The SMILES string of the molecule is CN1CC(C)(C)c2c(F)cc(Br)cc21. The fraction of sp³-hybridized carbons (Fsp3) is 0.455. The molecule has 0 atom stereocenters. The first-order valence-corrected chi connectivity index (χ1v) is 5.42. The van der Waals surface area contributed by atoms with Crippen molar-refractivity contribution in [1.82, 2.24) is 0 Å². The molecule has 0 saturated carbocycles. The fourth-order valence-corrected chi connectivity index (χ4v) is 2.71. The summed E-state index contributed by atoms with van der Waals surface area (Å²) in [6, 6.07) is 3.52. The minimum Gasteiger partial charge on any atom is -0.373 e. The van der Waals surface area contributed by atoms with Crippen molar-refractivity contribution >= 4 is 21.6 Å². The largest absolute Gasteiger partial charge is 0.373 e. The summed E-state index contributed by atoms with van der Waals surface area (Å²) in [6.07, 6.45) is 0. The van der Waals surface area contributed by atoms with Gasteiger partial charge in [-0.15, -0.1) is 0 Å². The first-order chi connectivity index (χ1) is 6.42. The van der Waals surface area contributed by atoms with E-state index in [0.717, 1.165) is 22.3 Å².